The molecule has 0 bridgehead atoms. The van der Waals surface area contributed by atoms with Gasteiger partial charge in [0, 0.05) is 28.3 Å². The number of nitrogens with two attached hydrogens (primary N) is 1. The maximum atomic E-state index is 5.99. The average molecular weight is 340 g/mol. The molecule has 4 heteroatoms. The van der Waals surface area contributed by atoms with Crippen molar-refractivity contribution in [1.82, 2.24) is 4.90 Å². The molecule has 0 heterocycles. The van der Waals surface area contributed by atoms with E-state index in [-0.39, 0.29) is 0 Å². The molecule has 2 N–H and O–H groups in total. The number of hydrogen-bond donors (Lipinski definition) is 1. The molecule has 0 spiro atoms. The fourth-order valence-corrected chi connectivity index (χ4v) is 2.72. The van der Waals surface area contributed by atoms with Crippen LogP contribution in [0.1, 0.15) is 11.1 Å². The van der Waals surface area contributed by atoms with Crippen LogP contribution >= 0.6 is 27.5 Å². The van der Waals surface area contributed by atoms with E-state index < -0.39 is 0 Å². The van der Waals surface area contributed by atoms with E-state index in [4.69, 9.17) is 17.3 Å². The molecule has 2 aromatic carbocycles. The van der Waals surface area contributed by atoms with Crippen molar-refractivity contribution in [3.63, 3.8) is 0 Å². The van der Waals surface area contributed by atoms with Gasteiger partial charge in [-0.15, -0.1) is 0 Å². The normalized spacial score (nSPS) is 10.9. The highest BCUT2D eigenvalue weighted by Crippen LogP contribution is 2.22. The van der Waals surface area contributed by atoms with Gasteiger partial charge in [-0.2, -0.15) is 0 Å². The smallest absolute Gasteiger partial charge is 0.0409 e. The van der Waals surface area contributed by atoms with Crippen LogP contribution in [0.15, 0.2) is 46.9 Å². The Kier molecular flexibility index (Phi) is 4.86. The third kappa shape index (κ3) is 4.23. The lowest BCUT2D eigenvalue weighted by Crippen LogP contribution is -2.17. The Balaban J connectivity index is 2.03. The second-order valence-electron chi connectivity index (χ2n) is 4.65. The van der Waals surface area contributed by atoms with Crippen LogP contribution in [0.2, 0.25) is 5.02 Å². The number of benzene rings is 2. The summed E-state index contributed by atoms with van der Waals surface area (Å²) in [4.78, 5) is 2.24. The maximum Gasteiger partial charge on any atom is 0.0409 e. The van der Waals surface area contributed by atoms with Crippen molar-refractivity contribution in [2.24, 2.45) is 0 Å². The zero-order valence-corrected chi connectivity index (χ0v) is 13.1. The lowest BCUT2D eigenvalue weighted by Gasteiger charge is -2.18. The highest BCUT2D eigenvalue weighted by atomic mass is 79.9. The minimum Gasteiger partial charge on any atom is -0.399 e. The minimum absolute atomic E-state index is 0.771. The SMILES string of the molecule is CN(Cc1cccc(Cl)c1)Cc1ccc(N)cc1Br. The number of nitrogen functional groups attached to an aromatic ring is 1. The predicted octanol–water partition coefficient (Wildman–Crippen LogP) is 4.32. The van der Waals surface area contributed by atoms with Crippen LogP contribution in [0.5, 0.6) is 0 Å². The van der Waals surface area contributed by atoms with Crippen molar-refractivity contribution in [3.05, 3.63) is 63.1 Å². The number of nitrogens with zero attached hydrogens (tertiary/aromatic N) is 1. The largest absolute Gasteiger partial charge is 0.399 e. The van der Waals surface area contributed by atoms with E-state index in [2.05, 4.69) is 33.9 Å². The standard InChI is InChI=1S/C15H16BrClN2/c1-19(9-11-3-2-4-13(17)7-11)10-12-5-6-14(18)8-15(12)16/h2-8H,9-10,18H2,1H3. The van der Waals surface area contributed by atoms with E-state index in [9.17, 15) is 0 Å². The molecule has 0 fully saturated rings. The predicted molar refractivity (Wildman–Crippen MR) is 85.2 cm³/mol. The molecule has 0 amide bonds. The summed E-state index contributed by atoms with van der Waals surface area (Å²) in [5, 5.41) is 0.777. The second-order valence-corrected chi connectivity index (χ2v) is 5.94. The first-order valence-electron chi connectivity index (χ1n) is 6.01. The van der Waals surface area contributed by atoms with Crippen molar-refractivity contribution in [1.29, 1.82) is 0 Å². The van der Waals surface area contributed by atoms with Gasteiger partial charge in [-0.3, -0.25) is 4.90 Å². The molecule has 0 aliphatic heterocycles. The van der Waals surface area contributed by atoms with Crippen LogP contribution in [0.25, 0.3) is 0 Å². The van der Waals surface area contributed by atoms with E-state index in [1.807, 2.05) is 36.4 Å². The van der Waals surface area contributed by atoms with Gasteiger partial charge in [0.15, 0.2) is 0 Å². The number of hydrogen-bond acceptors (Lipinski definition) is 2. The van der Waals surface area contributed by atoms with E-state index in [1.165, 1.54) is 11.1 Å². The third-order valence-corrected chi connectivity index (χ3v) is 3.83. The summed E-state index contributed by atoms with van der Waals surface area (Å²) in [6.45, 7) is 1.71. The molecule has 0 saturated heterocycles. The average Bonchev–Trinajstić information content (AvgIpc) is 2.33. The molecule has 2 aromatic rings. The molecule has 2 nitrogen and oxygen atoms in total. The first-order chi connectivity index (χ1) is 9.04. The second kappa shape index (κ2) is 6.42. The molecule has 19 heavy (non-hydrogen) atoms. The first-order valence-corrected chi connectivity index (χ1v) is 7.18. The Bertz CT molecular complexity index is 572. The molecule has 0 unspecified atom stereocenters. The topological polar surface area (TPSA) is 29.3 Å². The van der Waals surface area contributed by atoms with Crippen LogP contribution in [0.3, 0.4) is 0 Å². The van der Waals surface area contributed by atoms with Gasteiger partial charge in [0.25, 0.3) is 0 Å². The Morgan fingerprint density at radius 3 is 2.63 bits per heavy atom. The lowest BCUT2D eigenvalue weighted by molar-refractivity contribution is 0.318. The van der Waals surface area contributed by atoms with Gasteiger partial charge in [0.1, 0.15) is 0 Å². The molecule has 0 aromatic heterocycles. The molecule has 0 radical (unpaired) electrons. The third-order valence-electron chi connectivity index (χ3n) is 2.86. The summed E-state index contributed by atoms with van der Waals surface area (Å²) in [7, 11) is 2.09. The van der Waals surface area contributed by atoms with E-state index >= 15 is 0 Å². The zero-order valence-electron chi connectivity index (χ0n) is 10.7. The minimum atomic E-state index is 0.771. The van der Waals surface area contributed by atoms with Crippen LogP contribution < -0.4 is 5.73 Å². The lowest BCUT2D eigenvalue weighted by atomic mass is 10.1. The number of rotatable bonds is 4. The van der Waals surface area contributed by atoms with Crippen molar-refractivity contribution in [3.8, 4) is 0 Å². The molecular formula is C15H16BrClN2. The van der Waals surface area contributed by atoms with Crippen LogP contribution in [0, 0.1) is 0 Å². The Hall–Kier alpha value is -1.03. The van der Waals surface area contributed by atoms with Crippen molar-refractivity contribution in [2.75, 3.05) is 12.8 Å². The fraction of sp³-hybridized carbons (Fsp3) is 0.200. The van der Waals surface area contributed by atoms with Gasteiger partial charge in [-0.25, -0.2) is 0 Å². The van der Waals surface area contributed by atoms with Gasteiger partial charge < -0.3 is 5.73 Å². The van der Waals surface area contributed by atoms with Gasteiger partial charge in [0.05, 0.1) is 0 Å². The number of halogens is 2. The Morgan fingerprint density at radius 1 is 1.16 bits per heavy atom. The highest BCUT2D eigenvalue weighted by Gasteiger charge is 2.05. The zero-order chi connectivity index (χ0) is 13.8. The summed E-state index contributed by atoms with van der Waals surface area (Å²) < 4.78 is 1.05. The fourth-order valence-electron chi connectivity index (χ4n) is 1.99. The Morgan fingerprint density at radius 2 is 1.95 bits per heavy atom. The summed E-state index contributed by atoms with van der Waals surface area (Å²) in [5.41, 5.74) is 8.94. The summed E-state index contributed by atoms with van der Waals surface area (Å²) in [6, 6.07) is 13.9. The molecular weight excluding hydrogens is 324 g/mol. The highest BCUT2D eigenvalue weighted by molar-refractivity contribution is 9.10. The van der Waals surface area contributed by atoms with Crippen LogP contribution in [-0.2, 0) is 13.1 Å². The quantitative estimate of drug-likeness (QED) is 0.841. The van der Waals surface area contributed by atoms with E-state index in [0.29, 0.717) is 0 Å². The van der Waals surface area contributed by atoms with Crippen LogP contribution in [-0.4, -0.2) is 11.9 Å². The van der Waals surface area contributed by atoms with Crippen molar-refractivity contribution in [2.45, 2.75) is 13.1 Å². The van der Waals surface area contributed by atoms with Crippen LogP contribution in [0.4, 0.5) is 5.69 Å². The van der Waals surface area contributed by atoms with Gasteiger partial charge in [-0.05, 0) is 42.4 Å². The summed E-state index contributed by atoms with van der Waals surface area (Å²) in [5.74, 6) is 0. The molecule has 0 aliphatic rings. The molecule has 2 rings (SSSR count). The van der Waals surface area contributed by atoms with Gasteiger partial charge >= 0.3 is 0 Å². The van der Waals surface area contributed by atoms with E-state index in [1.54, 1.807) is 0 Å². The molecule has 0 atom stereocenters. The first kappa shape index (κ1) is 14.4. The monoisotopic (exact) mass is 338 g/mol. The number of anilines is 1. The molecule has 100 valence electrons. The summed E-state index contributed by atoms with van der Waals surface area (Å²) in [6.07, 6.45) is 0. The van der Waals surface area contributed by atoms with E-state index in [0.717, 1.165) is 28.3 Å². The molecule has 0 saturated carbocycles. The van der Waals surface area contributed by atoms with Gasteiger partial charge in [-0.1, -0.05) is 45.7 Å². The maximum absolute atomic E-state index is 5.99. The Labute approximate surface area is 127 Å². The van der Waals surface area contributed by atoms with Crippen molar-refractivity contribution < 1.29 is 0 Å². The van der Waals surface area contributed by atoms with Crippen molar-refractivity contribution >= 4 is 33.2 Å². The van der Waals surface area contributed by atoms with Gasteiger partial charge in [0.2, 0.25) is 0 Å². The molecule has 0 aliphatic carbocycles. The summed E-state index contributed by atoms with van der Waals surface area (Å²) >= 11 is 9.54.